The zero-order chi connectivity index (χ0) is 10.9. The van der Waals surface area contributed by atoms with Crippen LogP contribution in [0.2, 0.25) is 0 Å². The monoisotopic (exact) mass is 192 g/mol. The number of hydrogen-bond donors (Lipinski definition) is 2. The van der Waals surface area contributed by atoms with Gasteiger partial charge in [0.2, 0.25) is 0 Å². The Bertz CT molecular complexity index is 324. The summed E-state index contributed by atoms with van der Waals surface area (Å²) in [5.74, 6) is 0. The molecular formula is C12H20N2. The second-order valence-electron chi connectivity index (χ2n) is 4.96. The molecule has 0 amide bonds. The fraction of sp³-hybridized carbons (Fsp3) is 0.500. The zero-order valence-corrected chi connectivity index (χ0v) is 9.46. The largest absolute Gasteiger partial charge is 0.399 e. The van der Waals surface area contributed by atoms with Crippen LogP contribution in [0.1, 0.15) is 37.9 Å². The Labute approximate surface area is 86.3 Å². The maximum Gasteiger partial charge on any atom is 0.0344 e. The summed E-state index contributed by atoms with van der Waals surface area (Å²) in [5, 5.41) is 0. The molecule has 0 fully saturated rings. The molecule has 0 aliphatic rings. The molecule has 0 aliphatic carbocycles. The van der Waals surface area contributed by atoms with Crippen LogP contribution in [0.5, 0.6) is 0 Å². The fourth-order valence-corrected chi connectivity index (χ4v) is 1.39. The van der Waals surface area contributed by atoms with Gasteiger partial charge in [-0.3, -0.25) is 0 Å². The van der Waals surface area contributed by atoms with E-state index in [1.165, 1.54) is 0 Å². The first-order valence-corrected chi connectivity index (χ1v) is 4.94. The average molecular weight is 192 g/mol. The van der Waals surface area contributed by atoms with Crippen molar-refractivity contribution in [3.8, 4) is 0 Å². The van der Waals surface area contributed by atoms with E-state index in [2.05, 4.69) is 26.8 Å². The molecule has 2 heteroatoms. The second-order valence-corrected chi connectivity index (χ2v) is 4.96. The minimum Gasteiger partial charge on any atom is -0.399 e. The van der Waals surface area contributed by atoms with Crippen LogP contribution in [0, 0.1) is 12.3 Å². The lowest BCUT2D eigenvalue weighted by molar-refractivity contribution is 0.327. The topological polar surface area (TPSA) is 52.0 Å². The van der Waals surface area contributed by atoms with Crippen LogP contribution in [-0.2, 0) is 0 Å². The summed E-state index contributed by atoms with van der Waals surface area (Å²) in [6, 6.07) is 6.07. The quantitative estimate of drug-likeness (QED) is 0.672. The van der Waals surface area contributed by atoms with Gasteiger partial charge in [-0.25, -0.2) is 0 Å². The number of benzene rings is 1. The predicted molar refractivity (Wildman–Crippen MR) is 62.0 cm³/mol. The van der Waals surface area contributed by atoms with Gasteiger partial charge in [-0.2, -0.15) is 0 Å². The first kappa shape index (κ1) is 11.1. The molecule has 0 aliphatic heterocycles. The summed E-state index contributed by atoms with van der Waals surface area (Å²) in [7, 11) is 0. The maximum absolute atomic E-state index is 6.15. The molecule has 0 saturated heterocycles. The van der Waals surface area contributed by atoms with E-state index in [0.29, 0.717) is 0 Å². The van der Waals surface area contributed by atoms with E-state index in [1.54, 1.807) is 0 Å². The SMILES string of the molecule is Cc1cc([C@H](N)C(C)(C)C)ccc1N. The van der Waals surface area contributed by atoms with Crippen LogP contribution in [0.25, 0.3) is 0 Å². The minimum absolute atomic E-state index is 0.0572. The van der Waals surface area contributed by atoms with Crippen LogP contribution in [0.15, 0.2) is 18.2 Å². The highest BCUT2D eigenvalue weighted by atomic mass is 14.7. The summed E-state index contributed by atoms with van der Waals surface area (Å²) in [5.41, 5.74) is 15.1. The Morgan fingerprint density at radius 2 is 1.79 bits per heavy atom. The molecule has 1 aromatic carbocycles. The summed E-state index contributed by atoms with van der Waals surface area (Å²) in [6.45, 7) is 8.43. The van der Waals surface area contributed by atoms with Crippen molar-refractivity contribution in [1.82, 2.24) is 0 Å². The number of nitrogen functional groups attached to an aromatic ring is 1. The van der Waals surface area contributed by atoms with Crippen molar-refractivity contribution >= 4 is 5.69 Å². The number of aryl methyl sites for hydroxylation is 1. The van der Waals surface area contributed by atoms with Crippen LogP contribution in [-0.4, -0.2) is 0 Å². The van der Waals surface area contributed by atoms with Crippen molar-refractivity contribution in [2.24, 2.45) is 11.1 Å². The third-order valence-corrected chi connectivity index (χ3v) is 2.59. The molecule has 0 bridgehead atoms. The number of hydrogen-bond acceptors (Lipinski definition) is 2. The van der Waals surface area contributed by atoms with Gasteiger partial charge in [0.15, 0.2) is 0 Å². The number of nitrogens with two attached hydrogens (primary N) is 2. The maximum atomic E-state index is 6.15. The van der Waals surface area contributed by atoms with Gasteiger partial charge in [-0.1, -0.05) is 32.9 Å². The van der Waals surface area contributed by atoms with Gasteiger partial charge in [0.25, 0.3) is 0 Å². The van der Waals surface area contributed by atoms with Gasteiger partial charge in [0, 0.05) is 11.7 Å². The van der Waals surface area contributed by atoms with Gasteiger partial charge in [-0.05, 0) is 29.5 Å². The van der Waals surface area contributed by atoms with Crippen LogP contribution < -0.4 is 11.5 Å². The lowest BCUT2D eigenvalue weighted by Gasteiger charge is -2.27. The highest BCUT2D eigenvalue weighted by molar-refractivity contribution is 5.48. The highest BCUT2D eigenvalue weighted by Gasteiger charge is 2.22. The third-order valence-electron chi connectivity index (χ3n) is 2.59. The third kappa shape index (κ3) is 2.26. The molecule has 0 heterocycles. The Kier molecular flexibility index (Phi) is 2.86. The van der Waals surface area contributed by atoms with Crippen molar-refractivity contribution in [3.05, 3.63) is 29.3 Å². The number of rotatable bonds is 1. The van der Waals surface area contributed by atoms with Crippen molar-refractivity contribution in [1.29, 1.82) is 0 Å². The summed E-state index contributed by atoms with van der Waals surface area (Å²) >= 11 is 0. The van der Waals surface area contributed by atoms with E-state index in [9.17, 15) is 0 Å². The summed E-state index contributed by atoms with van der Waals surface area (Å²) in [6.07, 6.45) is 0. The normalized spacial score (nSPS) is 14.1. The lowest BCUT2D eigenvalue weighted by Crippen LogP contribution is -2.26. The van der Waals surface area contributed by atoms with Gasteiger partial charge in [-0.15, -0.1) is 0 Å². The average Bonchev–Trinajstić information content (AvgIpc) is 2.07. The van der Waals surface area contributed by atoms with Crippen molar-refractivity contribution in [2.75, 3.05) is 5.73 Å². The molecule has 1 rings (SSSR count). The predicted octanol–water partition coefficient (Wildman–Crippen LogP) is 2.62. The second kappa shape index (κ2) is 3.62. The van der Waals surface area contributed by atoms with E-state index in [1.807, 2.05) is 19.1 Å². The first-order valence-electron chi connectivity index (χ1n) is 4.94. The van der Waals surface area contributed by atoms with Crippen molar-refractivity contribution in [2.45, 2.75) is 33.7 Å². The van der Waals surface area contributed by atoms with Crippen molar-refractivity contribution in [3.63, 3.8) is 0 Å². The fourth-order valence-electron chi connectivity index (χ4n) is 1.39. The smallest absolute Gasteiger partial charge is 0.0344 e. The van der Waals surface area contributed by atoms with Crippen LogP contribution in [0.4, 0.5) is 5.69 Å². The Morgan fingerprint density at radius 1 is 1.21 bits per heavy atom. The van der Waals surface area contributed by atoms with Gasteiger partial charge < -0.3 is 11.5 Å². The molecule has 0 spiro atoms. The number of anilines is 1. The Balaban J connectivity index is 3.03. The molecular weight excluding hydrogens is 172 g/mol. The Morgan fingerprint density at radius 3 is 2.21 bits per heavy atom. The molecule has 0 saturated carbocycles. The molecule has 1 aromatic rings. The molecule has 0 radical (unpaired) electrons. The standard InChI is InChI=1S/C12H20N2/c1-8-7-9(5-6-10(8)13)11(14)12(2,3)4/h5-7,11H,13-14H2,1-4H3/t11-/m0/s1. The van der Waals surface area contributed by atoms with E-state index in [0.717, 1.165) is 16.8 Å². The first-order chi connectivity index (χ1) is 6.32. The van der Waals surface area contributed by atoms with Crippen LogP contribution in [0.3, 0.4) is 0 Å². The Hall–Kier alpha value is -1.02. The zero-order valence-electron chi connectivity index (χ0n) is 9.46. The molecule has 0 unspecified atom stereocenters. The van der Waals surface area contributed by atoms with E-state index >= 15 is 0 Å². The van der Waals surface area contributed by atoms with E-state index in [-0.39, 0.29) is 11.5 Å². The molecule has 14 heavy (non-hydrogen) atoms. The van der Waals surface area contributed by atoms with E-state index in [4.69, 9.17) is 11.5 Å². The van der Waals surface area contributed by atoms with E-state index < -0.39 is 0 Å². The molecule has 78 valence electrons. The molecule has 4 N–H and O–H groups in total. The molecule has 1 atom stereocenters. The summed E-state index contributed by atoms with van der Waals surface area (Å²) < 4.78 is 0. The minimum atomic E-state index is 0.0572. The van der Waals surface area contributed by atoms with Gasteiger partial charge in [0.05, 0.1) is 0 Å². The van der Waals surface area contributed by atoms with Gasteiger partial charge in [0.1, 0.15) is 0 Å². The highest BCUT2D eigenvalue weighted by Crippen LogP contribution is 2.31. The van der Waals surface area contributed by atoms with Crippen molar-refractivity contribution < 1.29 is 0 Å². The summed E-state index contributed by atoms with van der Waals surface area (Å²) in [4.78, 5) is 0. The molecule has 0 aromatic heterocycles. The van der Waals surface area contributed by atoms with Crippen LogP contribution >= 0.6 is 0 Å². The lowest BCUT2D eigenvalue weighted by atomic mass is 9.82. The molecule has 2 nitrogen and oxygen atoms in total. The van der Waals surface area contributed by atoms with Gasteiger partial charge >= 0.3 is 0 Å².